The van der Waals surface area contributed by atoms with E-state index < -0.39 is 5.92 Å². The number of nitrogens with one attached hydrogen (secondary N) is 1. The van der Waals surface area contributed by atoms with Crippen LogP contribution in [0.3, 0.4) is 0 Å². The first-order valence-electron chi connectivity index (χ1n) is 6.03. The Balaban J connectivity index is 1.91. The predicted molar refractivity (Wildman–Crippen MR) is 65.6 cm³/mol. The van der Waals surface area contributed by atoms with Crippen molar-refractivity contribution in [3.05, 3.63) is 16.6 Å². The summed E-state index contributed by atoms with van der Waals surface area (Å²) >= 11 is 1.63. The first-order valence-corrected chi connectivity index (χ1v) is 6.91. The molecule has 2 rings (SSSR count). The lowest BCUT2D eigenvalue weighted by Gasteiger charge is -2.33. The van der Waals surface area contributed by atoms with E-state index in [4.69, 9.17) is 0 Å². The van der Waals surface area contributed by atoms with Crippen LogP contribution in [0.5, 0.6) is 0 Å². The van der Waals surface area contributed by atoms with Crippen molar-refractivity contribution in [1.82, 2.24) is 10.3 Å². The minimum atomic E-state index is -2.43. The van der Waals surface area contributed by atoms with E-state index in [0.717, 1.165) is 6.42 Å². The van der Waals surface area contributed by atoms with Gasteiger partial charge in [-0.1, -0.05) is 0 Å². The Labute approximate surface area is 104 Å². The lowest BCUT2D eigenvalue weighted by atomic mass is 9.81. The number of halogens is 2. The Kier molecular flexibility index (Phi) is 4.09. The van der Waals surface area contributed by atoms with E-state index in [1.54, 1.807) is 11.3 Å². The van der Waals surface area contributed by atoms with Gasteiger partial charge in [-0.15, -0.1) is 11.3 Å². The first kappa shape index (κ1) is 12.9. The molecule has 0 spiro atoms. The van der Waals surface area contributed by atoms with Gasteiger partial charge in [0.1, 0.15) is 0 Å². The molecular weight excluding hydrogens is 242 g/mol. The summed E-state index contributed by atoms with van der Waals surface area (Å²) in [5, 5.41) is 3.27. The van der Waals surface area contributed by atoms with Crippen LogP contribution in [0.2, 0.25) is 0 Å². The van der Waals surface area contributed by atoms with Gasteiger partial charge in [-0.3, -0.25) is 4.98 Å². The summed E-state index contributed by atoms with van der Waals surface area (Å²) < 4.78 is 26.2. The van der Waals surface area contributed by atoms with Crippen LogP contribution in [0.1, 0.15) is 30.6 Å². The molecule has 1 atom stereocenters. The number of likely N-dealkylation sites (N-methyl/N-ethyl adjacent to an activating group) is 1. The van der Waals surface area contributed by atoms with Crippen LogP contribution in [0.25, 0.3) is 0 Å². The molecule has 1 N–H and O–H groups in total. The van der Waals surface area contributed by atoms with E-state index in [1.165, 1.54) is 4.88 Å². The second-order valence-electron chi connectivity index (χ2n) is 4.76. The van der Waals surface area contributed by atoms with Crippen LogP contribution in [0, 0.1) is 5.92 Å². The Morgan fingerprint density at radius 2 is 2.24 bits per heavy atom. The predicted octanol–water partition coefficient (Wildman–Crippen LogP) is 3.10. The smallest absolute Gasteiger partial charge is 0.248 e. The Hall–Kier alpha value is -0.550. The number of nitrogens with zero attached hydrogens (tertiary/aromatic N) is 1. The molecule has 1 aliphatic rings. The van der Waals surface area contributed by atoms with Gasteiger partial charge in [-0.05, 0) is 32.2 Å². The van der Waals surface area contributed by atoms with Crippen molar-refractivity contribution >= 4 is 11.3 Å². The summed E-state index contributed by atoms with van der Waals surface area (Å²) in [5.74, 6) is -2.07. The minimum absolute atomic E-state index is 0.0402. The van der Waals surface area contributed by atoms with Crippen LogP contribution in [0.4, 0.5) is 8.78 Å². The summed E-state index contributed by atoms with van der Waals surface area (Å²) in [6, 6.07) is 0.298. The molecule has 96 valence electrons. The normalized spacial score (nSPS) is 22.5. The summed E-state index contributed by atoms with van der Waals surface area (Å²) in [5.41, 5.74) is 1.82. The minimum Gasteiger partial charge on any atom is -0.316 e. The third kappa shape index (κ3) is 3.45. The quantitative estimate of drug-likeness (QED) is 0.900. The van der Waals surface area contributed by atoms with Gasteiger partial charge < -0.3 is 5.32 Å². The highest BCUT2D eigenvalue weighted by molar-refractivity contribution is 7.09. The van der Waals surface area contributed by atoms with Crippen molar-refractivity contribution in [2.45, 2.75) is 44.1 Å². The molecule has 1 aliphatic carbocycles. The van der Waals surface area contributed by atoms with Gasteiger partial charge in [0.2, 0.25) is 5.92 Å². The summed E-state index contributed by atoms with van der Waals surface area (Å²) in [7, 11) is 1.92. The largest absolute Gasteiger partial charge is 0.316 e. The maximum atomic E-state index is 13.1. The van der Waals surface area contributed by atoms with E-state index >= 15 is 0 Å². The molecular formula is C12H18F2N2S. The fourth-order valence-electron chi connectivity index (χ4n) is 2.53. The highest BCUT2D eigenvalue weighted by Gasteiger charge is 2.37. The average Bonchev–Trinajstić information content (AvgIpc) is 2.79. The van der Waals surface area contributed by atoms with E-state index in [-0.39, 0.29) is 12.8 Å². The highest BCUT2D eigenvalue weighted by atomic mass is 32.1. The van der Waals surface area contributed by atoms with Crippen LogP contribution in [-0.4, -0.2) is 24.0 Å². The van der Waals surface area contributed by atoms with Gasteiger partial charge in [0.15, 0.2) is 0 Å². The second kappa shape index (κ2) is 5.40. The van der Waals surface area contributed by atoms with Crippen LogP contribution >= 0.6 is 11.3 Å². The van der Waals surface area contributed by atoms with Crippen molar-refractivity contribution in [2.75, 3.05) is 7.05 Å². The number of thiazole rings is 1. The van der Waals surface area contributed by atoms with E-state index in [0.29, 0.717) is 24.8 Å². The van der Waals surface area contributed by atoms with Gasteiger partial charge in [-0.2, -0.15) is 0 Å². The molecule has 0 aromatic carbocycles. The second-order valence-corrected chi connectivity index (χ2v) is 5.73. The zero-order valence-electron chi connectivity index (χ0n) is 9.96. The molecule has 2 nitrogen and oxygen atoms in total. The monoisotopic (exact) mass is 260 g/mol. The zero-order chi connectivity index (χ0) is 12.3. The molecule has 1 aromatic rings. The van der Waals surface area contributed by atoms with Crippen LogP contribution in [-0.2, 0) is 6.42 Å². The maximum Gasteiger partial charge on any atom is 0.248 e. The molecule has 5 heteroatoms. The molecule has 0 aliphatic heterocycles. The first-order chi connectivity index (χ1) is 8.11. The zero-order valence-corrected chi connectivity index (χ0v) is 10.8. The molecule has 1 fully saturated rings. The number of hydrogen-bond acceptors (Lipinski definition) is 3. The SMILES string of the molecule is CNC(Cc1cncs1)C1CCC(F)(F)CC1. The Bertz CT molecular complexity index is 330. The van der Waals surface area contributed by atoms with E-state index in [9.17, 15) is 8.78 Å². The molecule has 1 saturated carbocycles. The lowest BCUT2D eigenvalue weighted by Crippen LogP contribution is -2.39. The van der Waals surface area contributed by atoms with Gasteiger partial charge >= 0.3 is 0 Å². The molecule has 0 bridgehead atoms. The Morgan fingerprint density at radius 3 is 2.76 bits per heavy atom. The molecule has 1 aromatic heterocycles. The van der Waals surface area contributed by atoms with Gasteiger partial charge in [0, 0.05) is 30.0 Å². The van der Waals surface area contributed by atoms with Crippen molar-refractivity contribution in [2.24, 2.45) is 5.92 Å². The summed E-state index contributed by atoms with van der Waals surface area (Å²) in [6.45, 7) is 0. The third-order valence-corrected chi connectivity index (χ3v) is 4.41. The number of aromatic nitrogens is 1. The summed E-state index contributed by atoms with van der Waals surface area (Å²) in [6.07, 6.45) is 4.09. The van der Waals surface area contributed by atoms with Crippen molar-refractivity contribution < 1.29 is 8.78 Å². The summed E-state index contributed by atoms with van der Waals surface area (Å²) in [4.78, 5) is 5.27. The van der Waals surface area contributed by atoms with E-state index in [2.05, 4.69) is 10.3 Å². The number of hydrogen-bond donors (Lipinski definition) is 1. The third-order valence-electron chi connectivity index (χ3n) is 3.61. The average molecular weight is 260 g/mol. The van der Waals surface area contributed by atoms with Crippen LogP contribution < -0.4 is 5.32 Å². The van der Waals surface area contributed by atoms with E-state index in [1.807, 2.05) is 18.8 Å². The number of rotatable bonds is 4. The standard InChI is InChI=1S/C12H18F2N2S/c1-15-11(6-10-7-16-8-17-10)9-2-4-12(13,14)5-3-9/h7-9,11,15H,2-6H2,1H3. The van der Waals surface area contributed by atoms with Crippen molar-refractivity contribution in [3.63, 3.8) is 0 Å². The molecule has 0 saturated heterocycles. The fourth-order valence-corrected chi connectivity index (χ4v) is 3.18. The van der Waals surface area contributed by atoms with Gasteiger partial charge in [0.25, 0.3) is 0 Å². The van der Waals surface area contributed by atoms with Gasteiger partial charge in [-0.25, -0.2) is 8.78 Å². The maximum absolute atomic E-state index is 13.1. The molecule has 0 amide bonds. The highest BCUT2D eigenvalue weighted by Crippen LogP contribution is 2.38. The molecule has 0 radical (unpaired) electrons. The molecule has 17 heavy (non-hydrogen) atoms. The van der Waals surface area contributed by atoms with Crippen molar-refractivity contribution in [3.8, 4) is 0 Å². The molecule has 1 heterocycles. The number of alkyl halides is 2. The lowest BCUT2D eigenvalue weighted by molar-refractivity contribution is -0.0492. The van der Waals surface area contributed by atoms with Crippen molar-refractivity contribution in [1.29, 1.82) is 0 Å². The Morgan fingerprint density at radius 1 is 1.53 bits per heavy atom. The van der Waals surface area contributed by atoms with Crippen LogP contribution in [0.15, 0.2) is 11.7 Å². The van der Waals surface area contributed by atoms with Gasteiger partial charge in [0.05, 0.1) is 5.51 Å². The fraction of sp³-hybridized carbons (Fsp3) is 0.750. The topological polar surface area (TPSA) is 24.9 Å². The molecule has 1 unspecified atom stereocenters.